The van der Waals surface area contributed by atoms with Crippen molar-refractivity contribution in [3.63, 3.8) is 0 Å². The molecule has 0 aliphatic heterocycles. The SMILES string of the molecule is CCC(Oc1ccc(C(C)(C)CC)cc1C(C)(C)CC)C(=O)Nc1ccc(NC(F)(F)C(F)(F)C(F)(F)CF)c(O)c1. The van der Waals surface area contributed by atoms with Gasteiger partial charge in [-0.05, 0) is 53.9 Å². The molecule has 2 aromatic carbocycles. The van der Waals surface area contributed by atoms with E-state index in [2.05, 4.69) is 46.0 Å². The number of hydrogen-bond acceptors (Lipinski definition) is 4. The fourth-order valence-electron chi connectivity index (χ4n) is 3.95. The van der Waals surface area contributed by atoms with Gasteiger partial charge < -0.3 is 20.5 Å². The largest absolute Gasteiger partial charge is 0.506 e. The minimum absolute atomic E-state index is 0.0877. The molecule has 0 saturated carbocycles. The zero-order chi connectivity index (χ0) is 32.3. The number of rotatable bonds is 14. The Morgan fingerprint density at radius 1 is 0.905 bits per heavy atom. The zero-order valence-corrected chi connectivity index (χ0v) is 24.8. The van der Waals surface area contributed by atoms with Crippen LogP contribution in [0.15, 0.2) is 36.4 Å². The predicted octanol–water partition coefficient (Wildman–Crippen LogP) is 8.81. The molecule has 236 valence electrons. The van der Waals surface area contributed by atoms with Crippen molar-refractivity contribution in [1.29, 1.82) is 0 Å². The minimum Gasteiger partial charge on any atom is -0.506 e. The smallest absolute Gasteiger partial charge is 0.394 e. The molecule has 3 N–H and O–H groups in total. The molecule has 5 nitrogen and oxygen atoms in total. The van der Waals surface area contributed by atoms with Crippen LogP contribution in [0.2, 0.25) is 0 Å². The summed E-state index contributed by atoms with van der Waals surface area (Å²) in [7, 11) is 0. The van der Waals surface area contributed by atoms with Crippen molar-refractivity contribution in [2.45, 2.75) is 103 Å². The van der Waals surface area contributed by atoms with Crippen LogP contribution < -0.4 is 15.4 Å². The molecule has 0 fully saturated rings. The number of amides is 1. The Balaban J connectivity index is 2.29. The average Bonchev–Trinajstić information content (AvgIpc) is 2.92. The Labute approximate surface area is 241 Å². The number of benzene rings is 2. The quantitative estimate of drug-likeness (QED) is 0.114. The molecule has 2 aromatic rings. The second-order valence-electron chi connectivity index (χ2n) is 11.5. The van der Waals surface area contributed by atoms with Crippen LogP contribution in [0.1, 0.15) is 78.9 Å². The number of nitrogens with one attached hydrogen (secondary N) is 2. The van der Waals surface area contributed by atoms with Gasteiger partial charge in [-0.15, -0.1) is 0 Å². The number of anilines is 2. The third kappa shape index (κ3) is 7.23. The molecule has 0 saturated heterocycles. The van der Waals surface area contributed by atoms with Gasteiger partial charge in [-0.1, -0.05) is 60.6 Å². The topological polar surface area (TPSA) is 70.6 Å². The lowest BCUT2D eigenvalue weighted by Crippen LogP contribution is -2.58. The van der Waals surface area contributed by atoms with Crippen LogP contribution >= 0.6 is 0 Å². The van der Waals surface area contributed by atoms with Crippen LogP contribution in [-0.2, 0) is 15.6 Å². The molecule has 0 bridgehead atoms. The van der Waals surface area contributed by atoms with Crippen molar-refractivity contribution >= 4 is 17.3 Å². The van der Waals surface area contributed by atoms with Gasteiger partial charge in [-0.25, -0.2) is 4.39 Å². The van der Waals surface area contributed by atoms with Crippen molar-refractivity contribution in [3.8, 4) is 11.5 Å². The Kier molecular flexibility index (Phi) is 10.5. The van der Waals surface area contributed by atoms with E-state index in [0.29, 0.717) is 11.8 Å². The zero-order valence-electron chi connectivity index (χ0n) is 24.8. The third-order valence-corrected chi connectivity index (χ3v) is 7.77. The van der Waals surface area contributed by atoms with Gasteiger partial charge in [0.05, 0.1) is 5.69 Å². The van der Waals surface area contributed by atoms with Gasteiger partial charge in [0.15, 0.2) is 12.8 Å². The van der Waals surface area contributed by atoms with Crippen LogP contribution in [0.3, 0.4) is 0 Å². The summed E-state index contributed by atoms with van der Waals surface area (Å²) < 4.78 is 99.9. The minimum atomic E-state index is -6.12. The molecule has 1 unspecified atom stereocenters. The lowest BCUT2D eigenvalue weighted by molar-refractivity contribution is -0.302. The number of ether oxygens (including phenoxy) is 1. The second-order valence-corrected chi connectivity index (χ2v) is 11.5. The van der Waals surface area contributed by atoms with E-state index in [1.807, 2.05) is 19.1 Å². The Hall–Kier alpha value is -3.18. The summed E-state index contributed by atoms with van der Waals surface area (Å²) in [5.74, 6) is -13.0. The van der Waals surface area contributed by atoms with E-state index in [-0.39, 0.29) is 22.9 Å². The summed E-state index contributed by atoms with van der Waals surface area (Å²) in [5.41, 5.74) is 0.508. The van der Waals surface area contributed by atoms with Crippen molar-refractivity contribution < 1.29 is 45.4 Å². The molecule has 42 heavy (non-hydrogen) atoms. The lowest BCUT2D eigenvalue weighted by Gasteiger charge is -2.32. The first-order valence-corrected chi connectivity index (χ1v) is 13.6. The molecule has 0 aliphatic rings. The molecule has 0 heterocycles. The van der Waals surface area contributed by atoms with Gasteiger partial charge in [-0.2, -0.15) is 26.3 Å². The molecule has 0 spiro atoms. The van der Waals surface area contributed by atoms with E-state index >= 15 is 0 Å². The van der Waals surface area contributed by atoms with E-state index < -0.39 is 48.0 Å². The van der Waals surface area contributed by atoms with Crippen LogP contribution in [0.5, 0.6) is 11.5 Å². The first-order valence-electron chi connectivity index (χ1n) is 13.6. The van der Waals surface area contributed by atoms with E-state index in [1.54, 1.807) is 6.92 Å². The van der Waals surface area contributed by atoms with Crippen molar-refractivity contribution in [2.24, 2.45) is 0 Å². The number of aromatic hydroxyl groups is 1. The first-order chi connectivity index (χ1) is 19.2. The number of carbonyl (C=O) groups is 1. The van der Waals surface area contributed by atoms with Gasteiger partial charge in [0.1, 0.15) is 11.5 Å². The molecule has 1 atom stereocenters. The van der Waals surface area contributed by atoms with Crippen LogP contribution in [0.4, 0.5) is 42.1 Å². The molecular weight excluding hydrogens is 569 g/mol. The summed E-state index contributed by atoms with van der Waals surface area (Å²) in [4.78, 5) is 13.1. The van der Waals surface area contributed by atoms with Crippen LogP contribution in [-0.4, -0.2) is 41.7 Å². The first kappa shape index (κ1) is 35.0. The third-order valence-electron chi connectivity index (χ3n) is 7.77. The summed E-state index contributed by atoms with van der Waals surface area (Å²) >= 11 is 0. The van der Waals surface area contributed by atoms with E-state index in [1.165, 1.54) is 0 Å². The maximum absolute atomic E-state index is 14.0. The summed E-state index contributed by atoms with van der Waals surface area (Å²) in [6.07, 6.45) is 0.922. The highest BCUT2D eigenvalue weighted by molar-refractivity contribution is 5.95. The highest BCUT2D eigenvalue weighted by Crippen LogP contribution is 2.47. The van der Waals surface area contributed by atoms with E-state index in [9.17, 15) is 40.6 Å². The molecule has 2 rings (SSSR count). The number of alkyl halides is 7. The van der Waals surface area contributed by atoms with Crippen LogP contribution in [0.25, 0.3) is 0 Å². The Morgan fingerprint density at radius 2 is 1.50 bits per heavy atom. The molecule has 1 amide bonds. The molecular formula is C30H39F7N2O3. The van der Waals surface area contributed by atoms with Gasteiger partial charge in [0, 0.05) is 17.3 Å². The Bertz CT molecular complexity index is 1250. The fraction of sp³-hybridized carbons (Fsp3) is 0.567. The fourth-order valence-corrected chi connectivity index (χ4v) is 3.95. The van der Waals surface area contributed by atoms with Gasteiger partial charge in [-0.3, -0.25) is 4.79 Å². The molecule has 0 aromatic heterocycles. The molecule has 0 aliphatic carbocycles. The van der Waals surface area contributed by atoms with Crippen LogP contribution in [0, 0.1) is 0 Å². The number of phenols is 1. The van der Waals surface area contributed by atoms with Gasteiger partial charge in [0.2, 0.25) is 0 Å². The average molecular weight is 609 g/mol. The monoisotopic (exact) mass is 608 g/mol. The van der Waals surface area contributed by atoms with Crippen molar-refractivity contribution in [1.82, 2.24) is 0 Å². The summed E-state index contributed by atoms with van der Waals surface area (Å²) in [5, 5.41) is 13.4. The maximum Gasteiger partial charge on any atom is 0.394 e. The molecule has 12 heteroatoms. The lowest BCUT2D eigenvalue weighted by atomic mass is 9.76. The van der Waals surface area contributed by atoms with Crippen molar-refractivity contribution in [3.05, 3.63) is 47.5 Å². The highest BCUT2D eigenvalue weighted by atomic mass is 19.3. The Morgan fingerprint density at radius 3 is 2.00 bits per heavy atom. The summed E-state index contributed by atoms with van der Waals surface area (Å²) in [6, 6.07) is 2.66. The highest BCUT2D eigenvalue weighted by Gasteiger charge is 2.72. The number of hydrogen-bond donors (Lipinski definition) is 3. The normalized spacial score (nSPS) is 14.0. The predicted molar refractivity (Wildman–Crippen MR) is 149 cm³/mol. The van der Waals surface area contributed by atoms with Crippen molar-refractivity contribution in [2.75, 3.05) is 17.3 Å². The van der Waals surface area contributed by atoms with E-state index in [0.717, 1.165) is 41.4 Å². The maximum atomic E-state index is 14.0. The van der Waals surface area contributed by atoms with Gasteiger partial charge in [0.25, 0.3) is 5.91 Å². The molecule has 0 radical (unpaired) electrons. The number of halogens is 7. The van der Waals surface area contributed by atoms with E-state index in [4.69, 9.17) is 4.74 Å². The number of carbonyl (C=O) groups excluding carboxylic acids is 1. The standard InChI is InChI=1S/C30H39F7N2O3/c1-8-23(42-24-14-11-18(26(4,5)9-2)15-20(24)27(6,7)10-3)25(41)38-19-12-13-21(22(40)16-19)39-30(36,37)29(34,35)28(32,33)17-31/h11-16,23,39-40H,8-10,17H2,1-7H3,(H,38,41). The second kappa shape index (κ2) is 12.6. The summed E-state index contributed by atoms with van der Waals surface area (Å²) in [6.45, 7) is 11.2. The number of phenolic OH excluding ortho intramolecular Hbond substituents is 1. The van der Waals surface area contributed by atoms with Gasteiger partial charge >= 0.3 is 17.9 Å².